The standard InChI is InChI=1S/C21H19ClN4O3/c1-29-20-10-18(26(27)28)7-4-15(20)12-25-9-8-19-16(13-25)11-23-21(24-19)14-2-5-17(22)6-3-14/h2-7,10-11H,8-9,12-13H2,1H3. The Hall–Kier alpha value is -3.03. The molecule has 3 aromatic rings. The second-order valence-corrected chi connectivity index (χ2v) is 7.32. The lowest BCUT2D eigenvalue weighted by Gasteiger charge is -2.28. The first-order valence-corrected chi connectivity index (χ1v) is 9.55. The lowest BCUT2D eigenvalue weighted by atomic mass is 10.1. The highest BCUT2D eigenvalue weighted by molar-refractivity contribution is 6.30. The molecule has 0 spiro atoms. The molecule has 0 unspecified atom stereocenters. The zero-order valence-corrected chi connectivity index (χ0v) is 16.6. The Bertz CT molecular complexity index is 1060. The van der Waals surface area contributed by atoms with Crippen LogP contribution in [-0.2, 0) is 19.5 Å². The second kappa shape index (κ2) is 8.14. The minimum atomic E-state index is -0.418. The average molecular weight is 411 g/mol. The Morgan fingerprint density at radius 1 is 1.24 bits per heavy atom. The van der Waals surface area contributed by atoms with Gasteiger partial charge in [-0.25, -0.2) is 9.97 Å². The van der Waals surface area contributed by atoms with Gasteiger partial charge in [-0.3, -0.25) is 15.0 Å². The molecule has 2 heterocycles. The summed E-state index contributed by atoms with van der Waals surface area (Å²) in [5, 5.41) is 11.7. The van der Waals surface area contributed by atoms with Gasteiger partial charge >= 0.3 is 0 Å². The van der Waals surface area contributed by atoms with Crippen LogP contribution in [-0.4, -0.2) is 33.4 Å². The van der Waals surface area contributed by atoms with Crippen LogP contribution in [0, 0.1) is 10.1 Å². The number of nitrogens with zero attached hydrogens (tertiary/aromatic N) is 4. The number of aromatic nitrogens is 2. The van der Waals surface area contributed by atoms with Gasteiger partial charge < -0.3 is 4.74 Å². The molecule has 148 valence electrons. The molecule has 8 heteroatoms. The predicted molar refractivity (Wildman–Crippen MR) is 110 cm³/mol. The van der Waals surface area contributed by atoms with Gasteiger partial charge in [-0.05, 0) is 30.3 Å². The van der Waals surface area contributed by atoms with E-state index in [1.807, 2.05) is 30.5 Å². The third-order valence-corrected chi connectivity index (χ3v) is 5.24. The van der Waals surface area contributed by atoms with E-state index in [4.69, 9.17) is 21.3 Å². The Balaban J connectivity index is 1.51. The van der Waals surface area contributed by atoms with Crippen LogP contribution < -0.4 is 4.74 Å². The summed E-state index contributed by atoms with van der Waals surface area (Å²) < 4.78 is 5.36. The molecule has 1 aliphatic heterocycles. The SMILES string of the molecule is COc1cc([N+](=O)[O-])ccc1CN1CCc2nc(-c3ccc(Cl)cc3)ncc2C1. The molecular weight excluding hydrogens is 392 g/mol. The van der Waals surface area contributed by atoms with Gasteiger partial charge in [0.1, 0.15) is 5.75 Å². The highest BCUT2D eigenvalue weighted by Crippen LogP contribution is 2.28. The van der Waals surface area contributed by atoms with Crippen molar-refractivity contribution in [2.75, 3.05) is 13.7 Å². The van der Waals surface area contributed by atoms with Crippen LogP contribution in [0.5, 0.6) is 5.75 Å². The summed E-state index contributed by atoms with van der Waals surface area (Å²) in [4.78, 5) is 22.1. The van der Waals surface area contributed by atoms with Crippen LogP contribution in [0.4, 0.5) is 5.69 Å². The summed E-state index contributed by atoms with van der Waals surface area (Å²) in [7, 11) is 1.53. The highest BCUT2D eigenvalue weighted by atomic mass is 35.5. The molecule has 0 aliphatic carbocycles. The highest BCUT2D eigenvalue weighted by Gasteiger charge is 2.21. The molecule has 4 rings (SSSR count). The molecule has 7 nitrogen and oxygen atoms in total. The summed E-state index contributed by atoms with van der Waals surface area (Å²) >= 11 is 5.95. The Morgan fingerprint density at radius 3 is 2.76 bits per heavy atom. The normalized spacial score (nSPS) is 13.7. The maximum absolute atomic E-state index is 11.0. The fourth-order valence-electron chi connectivity index (χ4n) is 3.47. The Kier molecular flexibility index (Phi) is 5.42. The molecule has 29 heavy (non-hydrogen) atoms. The zero-order chi connectivity index (χ0) is 20.4. The molecule has 0 saturated carbocycles. The van der Waals surface area contributed by atoms with Crippen LogP contribution in [0.1, 0.15) is 16.8 Å². The molecule has 0 amide bonds. The summed E-state index contributed by atoms with van der Waals surface area (Å²) in [6.07, 6.45) is 2.69. The van der Waals surface area contributed by atoms with Crippen molar-refractivity contribution in [3.63, 3.8) is 0 Å². The number of non-ortho nitro benzene ring substituents is 1. The summed E-state index contributed by atoms with van der Waals surface area (Å²) in [6, 6.07) is 12.2. The number of hydrogen-bond acceptors (Lipinski definition) is 6. The number of nitro groups is 1. The van der Waals surface area contributed by atoms with Crippen molar-refractivity contribution in [3.05, 3.63) is 80.6 Å². The fraction of sp³-hybridized carbons (Fsp3) is 0.238. The van der Waals surface area contributed by atoms with E-state index in [9.17, 15) is 10.1 Å². The van der Waals surface area contributed by atoms with E-state index in [0.29, 0.717) is 23.1 Å². The number of halogens is 1. The number of benzene rings is 2. The molecule has 0 N–H and O–H groups in total. The van der Waals surface area contributed by atoms with Crippen molar-refractivity contribution in [2.45, 2.75) is 19.5 Å². The molecule has 0 radical (unpaired) electrons. The first-order chi connectivity index (χ1) is 14.0. The van der Waals surface area contributed by atoms with E-state index in [-0.39, 0.29) is 5.69 Å². The lowest BCUT2D eigenvalue weighted by molar-refractivity contribution is -0.384. The van der Waals surface area contributed by atoms with Gasteiger partial charge in [0.05, 0.1) is 23.8 Å². The molecule has 0 bridgehead atoms. The first kappa shape index (κ1) is 19.3. The second-order valence-electron chi connectivity index (χ2n) is 6.89. The quantitative estimate of drug-likeness (QED) is 0.461. The van der Waals surface area contributed by atoms with Gasteiger partial charge in [0.2, 0.25) is 0 Å². The fourth-order valence-corrected chi connectivity index (χ4v) is 3.59. The molecular formula is C21H19ClN4O3. The third-order valence-electron chi connectivity index (χ3n) is 4.99. The van der Waals surface area contributed by atoms with Crippen LogP contribution >= 0.6 is 11.6 Å². The van der Waals surface area contributed by atoms with E-state index in [1.54, 1.807) is 6.07 Å². The number of methoxy groups -OCH3 is 1. The van der Waals surface area contributed by atoms with E-state index in [0.717, 1.165) is 41.9 Å². The van der Waals surface area contributed by atoms with E-state index >= 15 is 0 Å². The van der Waals surface area contributed by atoms with Gasteiger partial charge in [-0.15, -0.1) is 0 Å². The largest absolute Gasteiger partial charge is 0.496 e. The van der Waals surface area contributed by atoms with Gasteiger partial charge in [0.15, 0.2) is 5.82 Å². The smallest absolute Gasteiger partial charge is 0.273 e. The van der Waals surface area contributed by atoms with Gasteiger partial charge in [0.25, 0.3) is 5.69 Å². The van der Waals surface area contributed by atoms with Crippen molar-refractivity contribution >= 4 is 17.3 Å². The number of fused-ring (bicyclic) bond motifs is 1. The number of rotatable bonds is 5. The molecule has 0 saturated heterocycles. The van der Waals surface area contributed by atoms with Crippen molar-refractivity contribution in [1.29, 1.82) is 0 Å². The van der Waals surface area contributed by atoms with Crippen molar-refractivity contribution in [2.24, 2.45) is 0 Å². The lowest BCUT2D eigenvalue weighted by Crippen LogP contribution is -2.31. The summed E-state index contributed by atoms with van der Waals surface area (Å²) in [5.41, 5.74) is 4.03. The van der Waals surface area contributed by atoms with Crippen molar-refractivity contribution < 1.29 is 9.66 Å². The zero-order valence-electron chi connectivity index (χ0n) is 15.8. The van der Waals surface area contributed by atoms with Crippen LogP contribution in [0.2, 0.25) is 5.02 Å². The molecule has 1 aromatic heterocycles. The third kappa shape index (κ3) is 4.21. The predicted octanol–water partition coefficient (Wildman–Crippen LogP) is 4.27. The molecule has 2 aromatic carbocycles. The van der Waals surface area contributed by atoms with Crippen molar-refractivity contribution in [1.82, 2.24) is 14.9 Å². The summed E-state index contributed by atoms with van der Waals surface area (Å²) in [5.74, 6) is 1.23. The molecule has 1 aliphatic rings. The van der Waals surface area contributed by atoms with E-state index in [2.05, 4.69) is 9.88 Å². The van der Waals surface area contributed by atoms with E-state index < -0.39 is 4.92 Å². The van der Waals surface area contributed by atoms with E-state index in [1.165, 1.54) is 19.2 Å². The van der Waals surface area contributed by atoms with Gasteiger partial charge in [0, 0.05) is 60.0 Å². The van der Waals surface area contributed by atoms with Crippen LogP contribution in [0.3, 0.4) is 0 Å². The maximum atomic E-state index is 11.0. The Labute approximate surface area is 173 Å². The summed E-state index contributed by atoms with van der Waals surface area (Å²) in [6.45, 7) is 2.19. The monoisotopic (exact) mass is 410 g/mol. The van der Waals surface area contributed by atoms with Crippen LogP contribution in [0.25, 0.3) is 11.4 Å². The Morgan fingerprint density at radius 2 is 2.03 bits per heavy atom. The molecule has 0 fully saturated rings. The minimum Gasteiger partial charge on any atom is -0.496 e. The van der Waals surface area contributed by atoms with Gasteiger partial charge in [-0.1, -0.05) is 11.6 Å². The molecule has 0 atom stereocenters. The van der Waals surface area contributed by atoms with Crippen LogP contribution in [0.15, 0.2) is 48.7 Å². The number of ether oxygens (including phenoxy) is 1. The number of nitro benzene ring substituents is 1. The first-order valence-electron chi connectivity index (χ1n) is 9.18. The van der Waals surface area contributed by atoms with Crippen molar-refractivity contribution in [3.8, 4) is 17.1 Å². The minimum absolute atomic E-state index is 0.0257. The topological polar surface area (TPSA) is 81.4 Å². The van der Waals surface area contributed by atoms with Gasteiger partial charge in [-0.2, -0.15) is 0 Å². The average Bonchev–Trinajstić information content (AvgIpc) is 2.74. The number of hydrogen-bond donors (Lipinski definition) is 0. The maximum Gasteiger partial charge on any atom is 0.273 e.